The van der Waals surface area contributed by atoms with Gasteiger partial charge in [-0.3, -0.25) is 0 Å². The van der Waals surface area contributed by atoms with E-state index in [0.29, 0.717) is 0 Å². The largest absolute Gasteiger partial charge is 0.493 e. The van der Waals surface area contributed by atoms with E-state index in [9.17, 15) is 0 Å². The molecule has 0 saturated heterocycles. The minimum atomic E-state index is 0.155. The molecule has 0 aliphatic carbocycles. The minimum absolute atomic E-state index is 0.155. The highest BCUT2D eigenvalue weighted by Gasteiger charge is 2.13. The van der Waals surface area contributed by atoms with Gasteiger partial charge in [0.15, 0.2) is 11.5 Å². The Morgan fingerprint density at radius 3 is 2.52 bits per heavy atom. The van der Waals surface area contributed by atoms with Crippen LogP contribution < -0.4 is 14.8 Å². The van der Waals surface area contributed by atoms with Crippen LogP contribution in [0.15, 0.2) is 39.8 Å². The highest BCUT2D eigenvalue weighted by molar-refractivity contribution is 7.98. The number of thioether (sulfide) groups is 1. The molecule has 0 amide bonds. The van der Waals surface area contributed by atoms with Crippen LogP contribution in [0.4, 0.5) is 0 Å². The Hall–Kier alpha value is -1.59. The second-order valence-electron chi connectivity index (χ2n) is 4.64. The molecule has 21 heavy (non-hydrogen) atoms. The zero-order valence-corrected chi connectivity index (χ0v) is 13.6. The summed E-state index contributed by atoms with van der Waals surface area (Å²) in [5, 5.41) is 3.46. The van der Waals surface area contributed by atoms with Gasteiger partial charge in [0.25, 0.3) is 0 Å². The van der Waals surface area contributed by atoms with Gasteiger partial charge in [-0.1, -0.05) is 0 Å². The smallest absolute Gasteiger partial charge is 0.161 e. The first-order valence-corrected chi connectivity index (χ1v) is 7.97. The summed E-state index contributed by atoms with van der Waals surface area (Å²) in [5.74, 6) is 2.43. The van der Waals surface area contributed by atoms with Crippen LogP contribution >= 0.6 is 11.8 Å². The van der Waals surface area contributed by atoms with Gasteiger partial charge in [-0.05, 0) is 43.0 Å². The number of hydrogen-bond acceptors (Lipinski definition) is 5. The van der Waals surface area contributed by atoms with Gasteiger partial charge in [-0.15, -0.1) is 11.8 Å². The zero-order valence-electron chi connectivity index (χ0n) is 12.8. The highest BCUT2D eigenvalue weighted by atomic mass is 32.2. The molecule has 4 nitrogen and oxygen atoms in total. The summed E-state index contributed by atoms with van der Waals surface area (Å²) in [7, 11) is 3.30. The van der Waals surface area contributed by atoms with Gasteiger partial charge < -0.3 is 19.2 Å². The lowest BCUT2D eigenvalue weighted by Crippen LogP contribution is -2.18. The second kappa shape index (κ2) is 7.43. The van der Waals surface area contributed by atoms with E-state index in [1.54, 1.807) is 32.2 Å². The van der Waals surface area contributed by atoms with Crippen LogP contribution in [0.1, 0.15) is 24.3 Å². The molecule has 1 aromatic heterocycles. The molecule has 2 aromatic rings. The summed E-state index contributed by atoms with van der Waals surface area (Å²) in [6.07, 6.45) is 3.75. The van der Waals surface area contributed by atoms with Crippen molar-refractivity contribution < 1.29 is 13.9 Å². The third-order valence-electron chi connectivity index (χ3n) is 3.36. The predicted molar refractivity (Wildman–Crippen MR) is 85.3 cm³/mol. The Bertz CT molecular complexity index is 569. The number of furan rings is 1. The van der Waals surface area contributed by atoms with Gasteiger partial charge in [0, 0.05) is 11.4 Å². The van der Waals surface area contributed by atoms with E-state index in [1.807, 2.05) is 24.3 Å². The van der Waals surface area contributed by atoms with Gasteiger partial charge in [0.2, 0.25) is 0 Å². The summed E-state index contributed by atoms with van der Waals surface area (Å²) < 4.78 is 16.1. The molecular formula is C16H21NO3S. The molecule has 0 spiro atoms. The fraction of sp³-hybridized carbons (Fsp3) is 0.375. The van der Waals surface area contributed by atoms with E-state index in [1.165, 1.54) is 10.5 Å². The van der Waals surface area contributed by atoms with Gasteiger partial charge in [-0.2, -0.15) is 0 Å². The molecule has 1 heterocycles. The Labute approximate surface area is 129 Å². The van der Waals surface area contributed by atoms with Crippen LogP contribution in [0.2, 0.25) is 0 Å². The molecule has 0 fully saturated rings. The molecule has 0 unspecified atom stereocenters. The number of nitrogens with one attached hydrogen (secondary N) is 1. The molecule has 1 N–H and O–H groups in total. The van der Waals surface area contributed by atoms with Crippen molar-refractivity contribution in [3.8, 4) is 11.5 Å². The normalized spacial score (nSPS) is 12.2. The van der Waals surface area contributed by atoms with Crippen LogP contribution in [0, 0.1) is 0 Å². The summed E-state index contributed by atoms with van der Waals surface area (Å²) in [4.78, 5) is 1.17. The number of ether oxygens (including phenoxy) is 2. The van der Waals surface area contributed by atoms with Crippen molar-refractivity contribution in [2.75, 3.05) is 20.5 Å². The first-order valence-electron chi connectivity index (χ1n) is 6.75. The van der Waals surface area contributed by atoms with E-state index < -0.39 is 0 Å². The number of benzene rings is 1. The van der Waals surface area contributed by atoms with Crippen molar-refractivity contribution >= 4 is 11.8 Å². The van der Waals surface area contributed by atoms with Crippen molar-refractivity contribution in [2.24, 2.45) is 0 Å². The SMILES string of the molecule is COc1cc(CN[C@H](C)c2ccco2)c(SC)cc1OC. The van der Waals surface area contributed by atoms with Crippen LogP contribution in [0.25, 0.3) is 0 Å². The maximum absolute atomic E-state index is 5.41. The standard InChI is InChI=1S/C16H21NO3S/c1-11(13-6-5-7-20-13)17-10-12-8-14(18-2)15(19-3)9-16(12)21-4/h5-9,11,17H,10H2,1-4H3/t11-/m1/s1. The average molecular weight is 307 g/mol. The number of methoxy groups -OCH3 is 2. The minimum Gasteiger partial charge on any atom is -0.493 e. The van der Waals surface area contributed by atoms with Crippen molar-refractivity contribution in [3.63, 3.8) is 0 Å². The van der Waals surface area contributed by atoms with Gasteiger partial charge >= 0.3 is 0 Å². The Balaban J connectivity index is 2.15. The molecule has 5 heteroatoms. The molecule has 0 aliphatic rings. The van der Waals surface area contributed by atoms with Crippen molar-refractivity contribution in [1.29, 1.82) is 0 Å². The van der Waals surface area contributed by atoms with Crippen LogP contribution in [0.5, 0.6) is 11.5 Å². The fourth-order valence-electron chi connectivity index (χ4n) is 2.13. The summed E-state index contributed by atoms with van der Waals surface area (Å²) in [6, 6.07) is 8.06. The topological polar surface area (TPSA) is 43.6 Å². The highest BCUT2D eigenvalue weighted by Crippen LogP contribution is 2.34. The zero-order chi connectivity index (χ0) is 15.2. The number of rotatable bonds is 7. The maximum Gasteiger partial charge on any atom is 0.161 e. The van der Waals surface area contributed by atoms with E-state index >= 15 is 0 Å². The lowest BCUT2D eigenvalue weighted by atomic mass is 10.1. The van der Waals surface area contributed by atoms with Gasteiger partial charge in [0.05, 0.1) is 26.5 Å². The van der Waals surface area contributed by atoms with Crippen LogP contribution in [-0.2, 0) is 6.54 Å². The van der Waals surface area contributed by atoms with Crippen molar-refractivity contribution in [2.45, 2.75) is 24.4 Å². The van der Waals surface area contributed by atoms with E-state index in [4.69, 9.17) is 13.9 Å². The molecule has 0 aliphatic heterocycles. The van der Waals surface area contributed by atoms with Crippen molar-refractivity contribution in [1.82, 2.24) is 5.32 Å². The summed E-state index contributed by atoms with van der Waals surface area (Å²) >= 11 is 1.69. The van der Waals surface area contributed by atoms with E-state index in [2.05, 4.69) is 18.5 Å². The third-order valence-corrected chi connectivity index (χ3v) is 4.18. The Kier molecular flexibility index (Phi) is 5.59. The fourth-order valence-corrected chi connectivity index (χ4v) is 2.75. The van der Waals surface area contributed by atoms with E-state index in [-0.39, 0.29) is 6.04 Å². The molecular weight excluding hydrogens is 286 g/mol. The molecule has 1 aromatic carbocycles. The summed E-state index contributed by atoms with van der Waals surface area (Å²) in [6.45, 7) is 2.82. The first kappa shape index (κ1) is 15.8. The Morgan fingerprint density at radius 2 is 1.95 bits per heavy atom. The molecule has 0 saturated carbocycles. The average Bonchev–Trinajstić information content (AvgIpc) is 3.06. The quantitative estimate of drug-likeness (QED) is 0.787. The van der Waals surface area contributed by atoms with Gasteiger partial charge in [0.1, 0.15) is 5.76 Å². The lowest BCUT2D eigenvalue weighted by molar-refractivity contribution is 0.353. The van der Waals surface area contributed by atoms with Crippen molar-refractivity contribution in [3.05, 3.63) is 41.9 Å². The molecule has 114 valence electrons. The van der Waals surface area contributed by atoms with Gasteiger partial charge in [-0.25, -0.2) is 0 Å². The van der Waals surface area contributed by atoms with Crippen LogP contribution in [-0.4, -0.2) is 20.5 Å². The predicted octanol–water partition coefficient (Wildman–Crippen LogP) is 3.87. The monoisotopic (exact) mass is 307 g/mol. The molecule has 2 rings (SSSR count). The molecule has 0 bridgehead atoms. The maximum atomic E-state index is 5.41. The third kappa shape index (κ3) is 3.74. The summed E-state index contributed by atoms with van der Waals surface area (Å²) in [5.41, 5.74) is 1.18. The number of hydrogen-bond donors (Lipinski definition) is 1. The second-order valence-corrected chi connectivity index (χ2v) is 5.49. The molecule has 0 radical (unpaired) electrons. The van der Waals surface area contributed by atoms with Crippen LogP contribution in [0.3, 0.4) is 0 Å². The Morgan fingerprint density at radius 1 is 1.24 bits per heavy atom. The lowest BCUT2D eigenvalue weighted by Gasteiger charge is -2.16. The first-order chi connectivity index (χ1) is 10.2. The molecule has 1 atom stereocenters. The van der Waals surface area contributed by atoms with E-state index in [0.717, 1.165) is 23.8 Å².